The zero-order chi connectivity index (χ0) is 13.2. The van der Waals surface area contributed by atoms with Crippen molar-refractivity contribution in [3.8, 4) is 0 Å². The third-order valence-corrected chi connectivity index (χ3v) is 4.61. The molecule has 0 spiro atoms. The van der Waals surface area contributed by atoms with Crippen molar-refractivity contribution in [3.63, 3.8) is 0 Å². The van der Waals surface area contributed by atoms with Crippen molar-refractivity contribution in [3.05, 3.63) is 0 Å². The van der Waals surface area contributed by atoms with E-state index >= 15 is 0 Å². The monoisotopic (exact) mass is 254 g/mol. The number of rotatable bonds is 2. The van der Waals surface area contributed by atoms with Crippen LogP contribution in [-0.4, -0.2) is 46.8 Å². The lowest BCUT2D eigenvalue weighted by molar-refractivity contribution is 0.0831. The maximum atomic E-state index is 9.52. The summed E-state index contributed by atoms with van der Waals surface area (Å²) in [7, 11) is 0. The molecular formula is C15H30N2O. The lowest BCUT2D eigenvalue weighted by atomic mass is 9.91. The molecule has 1 heterocycles. The second-order valence-corrected chi connectivity index (χ2v) is 7.10. The fourth-order valence-corrected chi connectivity index (χ4v) is 3.29. The molecule has 2 aliphatic rings. The molecule has 0 atom stereocenters. The van der Waals surface area contributed by atoms with Crippen LogP contribution in [-0.2, 0) is 0 Å². The van der Waals surface area contributed by atoms with Gasteiger partial charge in [0.25, 0.3) is 0 Å². The van der Waals surface area contributed by atoms with E-state index in [-0.39, 0.29) is 6.10 Å². The Morgan fingerprint density at radius 1 is 0.889 bits per heavy atom. The lowest BCUT2D eigenvalue weighted by Gasteiger charge is -2.42. The summed E-state index contributed by atoms with van der Waals surface area (Å²) in [5.41, 5.74) is 0.319. The Labute approximate surface area is 112 Å². The number of aliphatic hydroxyl groups is 1. The second kappa shape index (κ2) is 5.89. The van der Waals surface area contributed by atoms with Gasteiger partial charge >= 0.3 is 0 Å². The zero-order valence-corrected chi connectivity index (χ0v) is 12.3. The van der Waals surface area contributed by atoms with Crippen LogP contribution in [0.15, 0.2) is 0 Å². The minimum atomic E-state index is -0.0363. The molecule has 106 valence electrons. The van der Waals surface area contributed by atoms with Crippen molar-refractivity contribution in [2.24, 2.45) is 0 Å². The summed E-state index contributed by atoms with van der Waals surface area (Å²) in [6.07, 6.45) is 6.79. The van der Waals surface area contributed by atoms with E-state index in [1.54, 1.807) is 0 Å². The topological polar surface area (TPSA) is 35.5 Å². The maximum Gasteiger partial charge on any atom is 0.0541 e. The molecular weight excluding hydrogens is 224 g/mol. The van der Waals surface area contributed by atoms with E-state index in [2.05, 4.69) is 31.0 Å². The molecule has 1 saturated carbocycles. The van der Waals surface area contributed by atoms with Gasteiger partial charge in [-0.2, -0.15) is 0 Å². The van der Waals surface area contributed by atoms with Gasteiger partial charge in [-0.25, -0.2) is 0 Å². The molecule has 2 fully saturated rings. The largest absolute Gasteiger partial charge is 0.393 e. The molecule has 0 aromatic rings. The zero-order valence-electron chi connectivity index (χ0n) is 12.3. The molecule has 0 bridgehead atoms. The average Bonchev–Trinajstić information content (AvgIpc) is 2.32. The first kappa shape index (κ1) is 14.3. The number of nitrogens with one attached hydrogen (secondary N) is 1. The normalized spacial score (nSPS) is 32.7. The number of hydrogen-bond acceptors (Lipinski definition) is 3. The van der Waals surface area contributed by atoms with E-state index in [9.17, 15) is 5.11 Å². The Balaban J connectivity index is 1.70. The van der Waals surface area contributed by atoms with Gasteiger partial charge in [-0.05, 0) is 59.3 Å². The maximum absolute atomic E-state index is 9.52. The van der Waals surface area contributed by atoms with E-state index in [0.29, 0.717) is 17.6 Å². The van der Waals surface area contributed by atoms with Crippen molar-refractivity contribution in [2.45, 2.75) is 83.0 Å². The Morgan fingerprint density at radius 2 is 1.39 bits per heavy atom. The number of hydrogen-bond donors (Lipinski definition) is 2. The number of aliphatic hydroxyl groups excluding tert-OH is 1. The first-order chi connectivity index (χ1) is 8.45. The van der Waals surface area contributed by atoms with E-state index in [1.807, 2.05) is 0 Å². The predicted molar refractivity (Wildman–Crippen MR) is 75.7 cm³/mol. The molecule has 1 aliphatic carbocycles. The lowest BCUT2D eigenvalue weighted by Crippen LogP contribution is -2.52. The Kier molecular flexibility index (Phi) is 4.68. The number of nitrogens with zero attached hydrogens (tertiary/aromatic N) is 1. The van der Waals surface area contributed by atoms with E-state index in [1.165, 1.54) is 25.9 Å². The molecule has 0 aromatic heterocycles. The van der Waals surface area contributed by atoms with E-state index < -0.39 is 0 Å². The van der Waals surface area contributed by atoms with Crippen LogP contribution in [0, 0.1) is 0 Å². The van der Waals surface area contributed by atoms with Crippen LogP contribution in [0.4, 0.5) is 0 Å². The van der Waals surface area contributed by atoms with Crippen LogP contribution >= 0.6 is 0 Å². The molecule has 0 radical (unpaired) electrons. The van der Waals surface area contributed by atoms with E-state index in [4.69, 9.17) is 0 Å². The van der Waals surface area contributed by atoms with Gasteiger partial charge in [0.1, 0.15) is 0 Å². The fraction of sp³-hybridized carbons (Fsp3) is 1.00. The summed E-state index contributed by atoms with van der Waals surface area (Å²) in [5, 5.41) is 13.3. The Bertz CT molecular complexity index is 246. The van der Waals surface area contributed by atoms with Gasteiger partial charge in [-0.1, -0.05) is 0 Å². The minimum absolute atomic E-state index is 0.0363. The molecule has 2 N–H and O–H groups in total. The van der Waals surface area contributed by atoms with Crippen LogP contribution in [0.5, 0.6) is 0 Å². The van der Waals surface area contributed by atoms with Crippen molar-refractivity contribution in [2.75, 3.05) is 13.1 Å². The summed E-state index contributed by atoms with van der Waals surface area (Å²) in [6.45, 7) is 9.36. The van der Waals surface area contributed by atoms with Crippen LogP contribution < -0.4 is 5.32 Å². The number of piperidine rings is 1. The highest BCUT2D eigenvalue weighted by atomic mass is 16.3. The SMILES string of the molecule is CC(C)(C)N1CCC(NC2CCC(O)CC2)CC1. The summed E-state index contributed by atoms with van der Waals surface area (Å²) < 4.78 is 0. The van der Waals surface area contributed by atoms with Crippen molar-refractivity contribution in [1.82, 2.24) is 10.2 Å². The highest BCUT2D eigenvalue weighted by Gasteiger charge is 2.28. The molecule has 2 rings (SSSR count). The molecule has 1 aliphatic heterocycles. The second-order valence-electron chi connectivity index (χ2n) is 7.10. The van der Waals surface area contributed by atoms with Gasteiger partial charge in [0.2, 0.25) is 0 Å². The van der Waals surface area contributed by atoms with Crippen molar-refractivity contribution < 1.29 is 5.11 Å². The van der Waals surface area contributed by atoms with Gasteiger partial charge in [0.05, 0.1) is 6.10 Å². The average molecular weight is 254 g/mol. The molecule has 18 heavy (non-hydrogen) atoms. The van der Waals surface area contributed by atoms with E-state index in [0.717, 1.165) is 25.7 Å². The quantitative estimate of drug-likeness (QED) is 0.792. The van der Waals surface area contributed by atoms with Crippen LogP contribution in [0.1, 0.15) is 59.3 Å². The summed E-state index contributed by atoms with van der Waals surface area (Å²) in [4.78, 5) is 2.59. The fourth-order valence-electron chi connectivity index (χ4n) is 3.29. The van der Waals surface area contributed by atoms with Crippen LogP contribution in [0.25, 0.3) is 0 Å². The van der Waals surface area contributed by atoms with Crippen LogP contribution in [0.3, 0.4) is 0 Å². The summed E-state index contributed by atoms with van der Waals surface area (Å²) in [6, 6.07) is 1.35. The third-order valence-electron chi connectivity index (χ3n) is 4.61. The third kappa shape index (κ3) is 3.94. The minimum Gasteiger partial charge on any atom is -0.393 e. The highest BCUT2D eigenvalue weighted by Crippen LogP contribution is 2.23. The van der Waals surface area contributed by atoms with Crippen LogP contribution in [0.2, 0.25) is 0 Å². The Hall–Kier alpha value is -0.120. The highest BCUT2D eigenvalue weighted by molar-refractivity contribution is 4.87. The van der Waals surface area contributed by atoms with Gasteiger partial charge in [0.15, 0.2) is 0 Å². The van der Waals surface area contributed by atoms with Crippen molar-refractivity contribution in [1.29, 1.82) is 0 Å². The van der Waals surface area contributed by atoms with Gasteiger partial charge in [0, 0.05) is 30.7 Å². The standard InChI is InChI=1S/C15H30N2O/c1-15(2,3)17-10-8-13(9-11-17)16-12-4-6-14(18)7-5-12/h12-14,16,18H,4-11H2,1-3H3. The predicted octanol–water partition coefficient (Wildman–Crippen LogP) is 2.14. The van der Waals surface area contributed by atoms with Gasteiger partial charge in [-0.15, -0.1) is 0 Å². The molecule has 1 saturated heterocycles. The first-order valence-electron chi connectivity index (χ1n) is 7.64. The Morgan fingerprint density at radius 3 is 1.89 bits per heavy atom. The smallest absolute Gasteiger partial charge is 0.0541 e. The summed E-state index contributed by atoms with van der Waals surface area (Å²) >= 11 is 0. The molecule has 3 nitrogen and oxygen atoms in total. The molecule has 3 heteroatoms. The summed E-state index contributed by atoms with van der Waals surface area (Å²) in [5.74, 6) is 0. The molecule has 0 amide bonds. The van der Waals surface area contributed by atoms with Gasteiger partial charge in [-0.3, -0.25) is 4.90 Å². The number of likely N-dealkylation sites (tertiary alicyclic amines) is 1. The first-order valence-corrected chi connectivity index (χ1v) is 7.64. The van der Waals surface area contributed by atoms with Crippen molar-refractivity contribution >= 4 is 0 Å². The van der Waals surface area contributed by atoms with Gasteiger partial charge < -0.3 is 10.4 Å². The molecule has 0 unspecified atom stereocenters. The molecule has 0 aromatic carbocycles.